The maximum absolute atomic E-state index is 5.58. The molecule has 0 spiro atoms. The molecule has 0 fully saturated rings. The zero-order valence-corrected chi connectivity index (χ0v) is 16.4. The Kier molecular flexibility index (Phi) is 6.40. The van der Waals surface area contributed by atoms with Gasteiger partial charge in [0.15, 0.2) is 0 Å². The summed E-state index contributed by atoms with van der Waals surface area (Å²) in [6.45, 7) is 0. The minimum Gasteiger partial charge on any atom is -0.115 e. The first-order valence-electron chi connectivity index (χ1n) is 9.27. The van der Waals surface area contributed by atoms with Crippen molar-refractivity contribution in [2.45, 2.75) is 0 Å². The lowest BCUT2D eigenvalue weighted by Crippen LogP contribution is -1.85. The first-order valence-corrected chi connectivity index (χ1v) is 9.27. The van der Waals surface area contributed by atoms with E-state index in [-0.39, 0.29) is 0 Å². The molecule has 3 aromatic rings. The van der Waals surface area contributed by atoms with Crippen molar-refractivity contribution in [2.24, 2.45) is 0 Å². The Labute approximate surface area is 179 Å². The minimum absolute atomic E-state index is 0.800. The van der Waals surface area contributed by atoms with E-state index in [1.54, 1.807) is 0 Å². The van der Waals surface area contributed by atoms with Crippen LogP contribution in [0.2, 0.25) is 0 Å². The van der Waals surface area contributed by atoms with E-state index >= 15 is 0 Å². The highest BCUT2D eigenvalue weighted by atomic mass is 14.0. The maximum atomic E-state index is 5.58. The summed E-state index contributed by atoms with van der Waals surface area (Å²) in [5, 5.41) is 0. The highest BCUT2D eigenvalue weighted by Crippen LogP contribution is 2.17. The van der Waals surface area contributed by atoms with Crippen molar-refractivity contribution >= 4 is 24.3 Å². The van der Waals surface area contributed by atoms with Crippen molar-refractivity contribution in [2.75, 3.05) is 0 Å². The fourth-order valence-electron chi connectivity index (χ4n) is 2.93. The lowest BCUT2D eigenvalue weighted by molar-refractivity contribution is 1.56. The SMILES string of the molecule is C#Cc1ccc(C#C)c(/C=C/c2ccc(/C=C/c3cc(C#C)ccc3C#C)cc2)c1. The van der Waals surface area contributed by atoms with Gasteiger partial charge in [0, 0.05) is 22.3 Å². The van der Waals surface area contributed by atoms with E-state index in [1.807, 2.05) is 85.0 Å². The van der Waals surface area contributed by atoms with Crippen LogP contribution in [0.5, 0.6) is 0 Å². The highest BCUT2D eigenvalue weighted by molar-refractivity contribution is 5.76. The summed E-state index contributed by atoms with van der Waals surface area (Å²) in [6.07, 6.45) is 30.1. The van der Waals surface area contributed by atoms with Gasteiger partial charge in [0.1, 0.15) is 0 Å². The quantitative estimate of drug-likeness (QED) is 0.389. The van der Waals surface area contributed by atoms with Gasteiger partial charge >= 0.3 is 0 Å². The van der Waals surface area contributed by atoms with Gasteiger partial charge in [0.05, 0.1) is 0 Å². The second-order valence-electron chi connectivity index (χ2n) is 6.51. The normalized spacial score (nSPS) is 10.3. The minimum atomic E-state index is 0.800. The fraction of sp³-hybridized carbons (Fsp3) is 0. The maximum Gasteiger partial charge on any atom is 0.0315 e. The molecule has 0 atom stereocenters. The van der Waals surface area contributed by atoms with Crippen molar-refractivity contribution in [3.05, 3.63) is 105 Å². The molecule has 0 aliphatic heterocycles. The lowest BCUT2D eigenvalue weighted by Gasteiger charge is -2.02. The van der Waals surface area contributed by atoms with Crippen molar-refractivity contribution in [1.29, 1.82) is 0 Å². The molecule has 0 aliphatic rings. The Hall–Kier alpha value is -4.62. The molecule has 0 saturated heterocycles. The van der Waals surface area contributed by atoms with Crippen LogP contribution in [0.25, 0.3) is 24.3 Å². The smallest absolute Gasteiger partial charge is 0.0315 e. The molecule has 30 heavy (non-hydrogen) atoms. The van der Waals surface area contributed by atoms with E-state index in [1.165, 1.54) is 0 Å². The average molecular weight is 378 g/mol. The second-order valence-corrected chi connectivity index (χ2v) is 6.51. The standard InChI is InChI=1S/C30H18/c1-5-23-13-17-27(7-3)29(21-23)19-15-25-9-11-26(12-10-25)16-20-30-22-24(6-2)14-18-28(30)8-4/h1-4,9-22H/b19-15+,20-16+. The van der Waals surface area contributed by atoms with Crippen molar-refractivity contribution in [3.8, 4) is 49.4 Å². The molecule has 0 bridgehead atoms. The topological polar surface area (TPSA) is 0 Å². The average Bonchev–Trinajstić information content (AvgIpc) is 2.81. The van der Waals surface area contributed by atoms with Gasteiger partial charge in [-0.2, -0.15) is 0 Å². The van der Waals surface area contributed by atoms with Gasteiger partial charge in [-0.3, -0.25) is 0 Å². The Bertz CT molecular complexity index is 1190. The molecular formula is C30H18. The van der Waals surface area contributed by atoms with E-state index in [2.05, 4.69) is 23.7 Å². The largest absolute Gasteiger partial charge is 0.115 e. The monoisotopic (exact) mass is 378 g/mol. The van der Waals surface area contributed by atoms with Crippen LogP contribution in [-0.4, -0.2) is 0 Å². The Morgan fingerprint density at radius 3 is 1.20 bits per heavy atom. The Balaban J connectivity index is 1.80. The molecule has 0 aromatic heterocycles. The highest BCUT2D eigenvalue weighted by Gasteiger charge is 1.99. The van der Waals surface area contributed by atoms with Crippen LogP contribution in [0.1, 0.15) is 44.5 Å². The molecule has 3 aromatic carbocycles. The first kappa shape index (κ1) is 20.1. The van der Waals surface area contributed by atoms with Gasteiger partial charge in [-0.25, -0.2) is 0 Å². The molecule has 0 N–H and O–H groups in total. The predicted octanol–water partition coefficient (Wildman–Crippen LogP) is 5.95. The van der Waals surface area contributed by atoms with E-state index < -0.39 is 0 Å². The van der Waals surface area contributed by atoms with Crippen LogP contribution in [0.4, 0.5) is 0 Å². The molecular weight excluding hydrogens is 360 g/mol. The third kappa shape index (κ3) is 4.80. The number of hydrogen-bond acceptors (Lipinski definition) is 0. The molecule has 0 saturated carbocycles. The van der Waals surface area contributed by atoms with E-state index in [0.29, 0.717) is 0 Å². The third-order valence-corrected chi connectivity index (χ3v) is 4.59. The number of rotatable bonds is 4. The molecule has 0 radical (unpaired) electrons. The van der Waals surface area contributed by atoms with Crippen LogP contribution in [0, 0.1) is 49.4 Å². The Morgan fingerprint density at radius 1 is 0.467 bits per heavy atom. The van der Waals surface area contributed by atoms with Crippen molar-refractivity contribution in [1.82, 2.24) is 0 Å². The van der Waals surface area contributed by atoms with Gasteiger partial charge in [-0.05, 0) is 58.7 Å². The molecule has 3 rings (SSSR count). The van der Waals surface area contributed by atoms with Crippen molar-refractivity contribution in [3.63, 3.8) is 0 Å². The summed E-state index contributed by atoms with van der Waals surface area (Å²) in [7, 11) is 0. The van der Waals surface area contributed by atoms with Gasteiger partial charge in [0.2, 0.25) is 0 Å². The summed E-state index contributed by atoms with van der Waals surface area (Å²) in [6, 6.07) is 19.4. The molecule has 0 heterocycles. The lowest BCUT2D eigenvalue weighted by atomic mass is 10.0. The summed E-state index contributed by atoms with van der Waals surface area (Å²) in [5.74, 6) is 10.6. The molecule has 138 valence electrons. The number of benzene rings is 3. The molecule has 0 nitrogen and oxygen atoms in total. The fourth-order valence-corrected chi connectivity index (χ4v) is 2.93. The Morgan fingerprint density at radius 2 is 0.867 bits per heavy atom. The van der Waals surface area contributed by atoms with Crippen LogP contribution >= 0.6 is 0 Å². The molecule has 0 aliphatic carbocycles. The van der Waals surface area contributed by atoms with E-state index in [4.69, 9.17) is 25.7 Å². The molecule has 0 amide bonds. The zero-order chi connectivity index (χ0) is 21.3. The molecule has 0 heteroatoms. The van der Waals surface area contributed by atoms with Gasteiger partial charge < -0.3 is 0 Å². The summed E-state index contributed by atoms with van der Waals surface area (Å²) < 4.78 is 0. The van der Waals surface area contributed by atoms with Gasteiger partial charge in [-0.15, -0.1) is 25.7 Å². The predicted molar refractivity (Wildman–Crippen MR) is 129 cm³/mol. The first-order chi connectivity index (χ1) is 14.7. The van der Waals surface area contributed by atoms with Crippen LogP contribution in [0.3, 0.4) is 0 Å². The summed E-state index contributed by atoms with van der Waals surface area (Å²) in [5.41, 5.74) is 7.18. The number of terminal acetylenes is 4. The summed E-state index contributed by atoms with van der Waals surface area (Å²) in [4.78, 5) is 0. The molecule has 0 unspecified atom stereocenters. The van der Waals surface area contributed by atoms with E-state index in [9.17, 15) is 0 Å². The third-order valence-electron chi connectivity index (χ3n) is 4.59. The second kappa shape index (κ2) is 9.54. The van der Waals surface area contributed by atoms with Crippen LogP contribution in [0.15, 0.2) is 60.7 Å². The van der Waals surface area contributed by atoms with Gasteiger partial charge in [0.25, 0.3) is 0 Å². The van der Waals surface area contributed by atoms with Gasteiger partial charge in [-0.1, -0.05) is 72.3 Å². The zero-order valence-electron chi connectivity index (χ0n) is 16.4. The van der Waals surface area contributed by atoms with Crippen molar-refractivity contribution < 1.29 is 0 Å². The van der Waals surface area contributed by atoms with E-state index in [0.717, 1.165) is 44.5 Å². The number of hydrogen-bond donors (Lipinski definition) is 0. The summed E-state index contributed by atoms with van der Waals surface area (Å²) >= 11 is 0. The van der Waals surface area contributed by atoms with Crippen LogP contribution < -0.4 is 0 Å². The van der Waals surface area contributed by atoms with Crippen LogP contribution in [-0.2, 0) is 0 Å².